The van der Waals surface area contributed by atoms with Gasteiger partial charge in [0.05, 0.1) is 19.3 Å². The fraction of sp³-hybridized carbons (Fsp3) is 0.559. The molecule has 4 atom stereocenters. The van der Waals surface area contributed by atoms with E-state index in [1.807, 2.05) is 56.3 Å². The van der Waals surface area contributed by atoms with Gasteiger partial charge in [-0.15, -0.1) is 0 Å². The largest absolute Gasteiger partial charge is 0.453 e. The van der Waals surface area contributed by atoms with E-state index < -0.39 is 41.9 Å². The van der Waals surface area contributed by atoms with Gasteiger partial charge in [0.15, 0.2) is 0 Å². The standard InChI is InChI=1S/C34H51N5O6/c1-7-24(2)30(36-32(42)44-6)31(41)35-28(21-25-13-9-8-10-14-25)29(40)23-39(37-33(43)45-34(3,4)5)22-26-15-17-27(18-16-26)38-19-11-12-20-38/h8-10,13-18,24,28-30,40H,7,11-12,19-23H2,1-6H3,(H,35,41)(H,36,42)(H,37,43)/t24-,28?,29?,30-/m0/s1. The number of carbonyl (C=O) groups is 3. The van der Waals surface area contributed by atoms with Crippen molar-refractivity contribution in [3.05, 3.63) is 65.7 Å². The Bertz CT molecular complexity index is 1210. The summed E-state index contributed by atoms with van der Waals surface area (Å²) >= 11 is 0. The van der Waals surface area contributed by atoms with Gasteiger partial charge in [-0.2, -0.15) is 0 Å². The van der Waals surface area contributed by atoms with Crippen LogP contribution in [0.15, 0.2) is 54.6 Å². The number of rotatable bonds is 14. The third kappa shape index (κ3) is 11.9. The van der Waals surface area contributed by atoms with Crippen molar-refractivity contribution in [2.24, 2.45) is 5.92 Å². The van der Waals surface area contributed by atoms with E-state index in [2.05, 4.69) is 33.1 Å². The predicted octanol–water partition coefficient (Wildman–Crippen LogP) is 4.39. The van der Waals surface area contributed by atoms with Crippen molar-refractivity contribution in [3.63, 3.8) is 0 Å². The maximum Gasteiger partial charge on any atom is 0.422 e. The first kappa shape index (κ1) is 35.6. The average Bonchev–Trinajstić information content (AvgIpc) is 3.54. The normalized spacial score (nSPS) is 16.0. The molecule has 1 fully saturated rings. The molecular formula is C34H51N5O6. The summed E-state index contributed by atoms with van der Waals surface area (Å²) in [6.07, 6.45) is 0.867. The second kappa shape index (κ2) is 17.0. The molecule has 1 aliphatic rings. The fourth-order valence-corrected chi connectivity index (χ4v) is 5.25. The summed E-state index contributed by atoms with van der Waals surface area (Å²) in [6, 6.07) is 16.1. The molecule has 45 heavy (non-hydrogen) atoms. The highest BCUT2D eigenvalue weighted by molar-refractivity contribution is 5.86. The number of carbonyl (C=O) groups excluding carboxylic acids is 3. The number of alkyl carbamates (subject to hydrolysis) is 1. The minimum Gasteiger partial charge on any atom is -0.453 e. The van der Waals surface area contributed by atoms with Crippen LogP contribution in [0.5, 0.6) is 0 Å². The number of aliphatic hydroxyl groups is 1. The van der Waals surface area contributed by atoms with Gasteiger partial charge in [-0.05, 0) is 69.2 Å². The zero-order valence-corrected chi connectivity index (χ0v) is 27.5. The number of methoxy groups -OCH3 is 1. The van der Waals surface area contributed by atoms with Gasteiger partial charge in [0.1, 0.15) is 11.6 Å². The van der Waals surface area contributed by atoms with Gasteiger partial charge in [0, 0.05) is 31.9 Å². The van der Waals surface area contributed by atoms with E-state index in [-0.39, 0.29) is 12.5 Å². The highest BCUT2D eigenvalue weighted by atomic mass is 16.6. The van der Waals surface area contributed by atoms with Crippen molar-refractivity contribution in [2.45, 2.75) is 90.6 Å². The van der Waals surface area contributed by atoms with E-state index in [4.69, 9.17) is 9.47 Å². The van der Waals surface area contributed by atoms with Gasteiger partial charge in [-0.3, -0.25) is 10.2 Å². The van der Waals surface area contributed by atoms with E-state index in [1.54, 1.807) is 25.8 Å². The van der Waals surface area contributed by atoms with Crippen LogP contribution < -0.4 is 21.0 Å². The third-order valence-corrected chi connectivity index (χ3v) is 7.88. The van der Waals surface area contributed by atoms with Crippen molar-refractivity contribution in [3.8, 4) is 0 Å². The molecule has 2 aromatic rings. The Morgan fingerprint density at radius 2 is 1.60 bits per heavy atom. The van der Waals surface area contributed by atoms with E-state index in [1.165, 1.54) is 20.0 Å². The lowest BCUT2D eigenvalue weighted by Crippen LogP contribution is -2.57. The molecule has 0 saturated carbocycles. The zero-order valence-electron chi connectivity index (χ0n) is 27.5. The van der Waals surface area contributed by atoms with E-state index in [9.17, 15) is 19.5 Å². The molecule has 1 heterocycles. The van der Waals surface area contributed by atoms with Crippen molar-refractivity contribution in [1.29, 1.82) is 0 Å². The molecule has 3 amide bonds. The molecule has 4 N–H and O–H groups in total. The molecule has 0 radical (unpaired) electrons. The molecule has 248 valence electrons. The highest BCUT2D eigenvalue weighted by Crippen LogP contribution is 2.21. The number of hydrogen-bond donors (Lipinski definition) is 4. The second-order valence-electron chi connectivity index (χ2n) is 12.7. The summed E-state index contributed by atoms with van der Waals surface area (Å²) in [6.45, 7) is 11.5. The quantitative estimate of drug-likeness (QED) is 0.228. The molecule has 3 rings (SSSR count). The van der Waals surface area contributed by atoms with Crippen molar-refractivity contribution < 1.29 is 29.0 Å². The molecule has 2 unspecified atom stereocenters. The van der Waals surface area contributed by atoms with E-state index >= 15 is 0 Å². The van der Waals surface area contributed by atoms with Crippen molar-refractivity contribution in [2.75, 3.05) is 31.6 Å². The average molecular weight is 626 g/mol. The number of benzene rings is 2. The summed E-state index contributed by atoms with van der Waals surface area (Å²) in [7, 11) is 1.25. The SMILES string of the molecule is CC[C@H](C)[C@H](NC(=O)OC)C(=O)NC(Cc1ccccc1)C(O)CN(Cc1ccc(N2CCCC2)cc1)NC(=O)OC(C)(C)C. The number of ether oxygens (including phenoxy) is 2. The van der Waals surface area contributed by atoms with Gasteiger partial charge in [0.25, 0.3) is 0 Å². The molecule has 0 aliphatic carbocycles. The molecule has 11 nitrogen and oxygen atoms in total. The first-order valence-corrected chi connectivity index (χ1v) is 15.8. The van der Waals surface area contributed by atoms with Gasteiger partial charge in [-0.25, -0.2) is 14.6 Å². The van der Waals surface area contributed by atoms with Crippen LogP contribution in [0, 0.1) is 5.92 Å². The fourth-order valence-electron chi connectivity index (χ4n) is 5.25. The number of hydrogen-bond acceptors (Lipinski definition) is 8. The van der Waals surface area contributed by atoms with Crippen LogP contribution in [0.25, 0.3) is 0 Å². The van der Waals surface area contributed by atoms with E-state index in [0.29, 0.717) is 19.4 Å². The maximum atomic E-state index is 13.6. The van der Waals surface area contributed by atoms with Gasteiger partial charge >= 0.3 is 12.2 Å². The number of hydrazine groups is 1. The van der Waals surface area contributed by atoms with Crippen LogP contribution in [0.4, 0.5) is 15.3 Å². The monoisotopic (exact) mass is 625 g/mol. The Labute approximate surface area is 267 Å². The number of anilines is 1. The van der Waals surface area contributed by atoms with Gasteiger partial charge in [-0.1, -0.05) is 62.7 Å². The summed E-state index contributed by atoms with van der Waals surface area (Å²) in [5.74, 6) is -0.619. The Balaban J connectivity index is 1.83. The van der Waals surface area contributed by atoms with Crippen LogP contribution in [-0.4, -0.2) is 78.7 Å². The van der Waals surface area contributed by atoms with Gasteiger partial charge < -0.3 is 30.1 Å². The molecule has 0 spiro atoms. The third-order valence-electron chi connectivity index (χ3n) is 7.88. The number of amides is 3. The molecule has 11 heteroatoms. The molecule has 0 aromatic heterocycles. The Kier molecular flexibility index (Phi) is 13.5. The molecule has 1 saturated heterocycles. The zero-order chi connectivity index (χ0) is 33.0. The van der Waals surface area contributed by atoms with Crippen LogP contribution in [0.2, 0.25) is 0 Å². The summed E-state index contributed by atoms with van der Waals surface area (Å²) < 4.78 is 10.3. The minimum atomic E-state index is -1.11. The Morgan fingerprint density at radius 3 is 2.18 bits per heavy atom. The maximum absolute atomic E-state index is 13.6. The van der Waals surface area contributed by atoms with E-state index in [0.717, 1.165) is 29.9 Å². The topological polar surface area (TPSA) is 132 Å². The lowest BCUT2D eigenvalue weighted by atomic mass is 9.96. The number of nitrogens with zero attached hydrogens (tertiary/aromatic N) is 2. The summed E-state index contributed by atoms with van der Waals surface area (Å²) in [4.78, 5) is 40.8. The molecular weight excluding hydrogens is 574 g/mol. The lowest BCUT2D eigenvalue weighted by Gasteiger charge is -2.32. The smallest absolute Gasteiger partial charge is 0.422 e. The molecule has 1 aliphatic heterocycles. The van der Waals surface area contributed by atoms with Crippen molar-refractivity contribution in [1.82, 2.24) is 21.1 Å². The lowest BCUT2D eigenvalue weighted by molar-refractivity contribution is -0.126. The summed E-state index contributed by atoms with van der Waals surface area (Å²) in [5, 5.41) is 18.8. The number of nitrogens with one attached hydrogen (secondary N) is 3. The van der Waals surface area contributed by atoms with Crippen LogP contribution in [-0.2, 0) is 27.2 Å². The van der Waals surface area contributed by atoms with Crippen LogP contribution in [0.3, 0.4) is 0 Å². The molecule has 0 bridgehead atoms. The van der Waals surface area contributed by atoms with Crippen LogP contribution >= 0.6 is 0 Å². The predicted molar refractivity (Wildman–Crippen MR) is 175 cm³/mol. The first-order valence-electron chi connectivity index (χ1n) is 15.8. The first-order chi connectivity index (χ1) is 21.4. The van der Waals surface area contributed by atoms with Gasteiger partial charge in [0.2, 0.25) is 5.91 Å². The Morgan fingerprint density at radius 1 is 0.956 bits per heavy atom. The summed E-state index contributed by atoms with van der Waals surface area (Å²) in [5.41, 5.74) is 5.08. The minimum absolute atomic E-state index is 0.0106. The molecule has 2 aromatic carbocycles. The van der Waals surface area contributed by atoms with Crippen molar-refractivity contribution >= 4 is 23.8 Å². The Hall–Kier alpha value is -3.83. The number of aliphatic hydroxyl groups excluding tert-OH is 1. The highest BCUT2D eigenvalue weighted by Gasteiger charge is 2.32. The second-order valence-corrected chi connectivity index (χ2v) is 12.7. The van der Waals surface area contributed by atoms with Crippen LogP contribution in [0.1, 0.15) is 65.0 Å².